The average molecular weight is 682 g/mol. The van der Waals surface area contributed by atoms with Crippen LogP contribution in [0.2, 0.25) is 5.32 Å². The Labute approximate surface area is 278 Å². The molecule has 45 heavy (non-hydrogen) atoms. The van der Waals surface area contributed by atoms with E-state index >= 15 is 0 Å². The molecule has 0 saturated heterocycles. The first kappa shape index (κ1) is 36.6. The number of carbonyl (C=O) groups excluding carboxylic acids is 2. The molecule has 3 rings (SSSR count). The summed E-state index contributed by atoms with van der Waals surface area (Å²) in [4.78, 5) is 25.3. The molecule has 1 aliphatic heterocycles. The first-order chi connectivity index (χ1) is 22.0. The molecule has 6 heteroatoms. The molecule has 1 aliphatic rings. The van der Waals surface area contributed by atoms with Crippen LogP contribution in [0.25, 0.3) is 4.47 Å². The Kier molecular flexibility index (Phi) is 17.8. The quantitative estimate of drug-likeness (QED) is 0.0536. The van der Waals surface area contributed by atoms with E-state index < -0.39 is 0 Å². The van der Waals surface area contributed by atoms with E-state index in [-0.39, 0.29) is 33.0 Å². The molecule has 0 radical (unpaired) electrons. The van der Waals surface area contributed by atoms with Crippen molar-refractivity contribution in [2.24, 2.45) is 0 Å². The molecule has 1 heterocycles. The van der Waals surface area contributed by atoms with Gasteiger partial charge in [-0.25, -0.2) is 0 Å². The molecule has 0 spiro atoms. The van der Waals surface area contributed by atoms with Crippen LogP contribution in [0.4, 0.5) is 0 Å². The van der Waals surface area contributed by atoms with Crippen LogP contribution < -0.4 is 9.47 Å². The van der Waals surface area contributed by atoms with Crippen molar-refractivity contribution in [2.75, 3.05) is 6.61 Å². The molecule has 2 aromatic carbocycles. The molecular formula is C39H54O5Se. The van der Waals surface area contributed by atoms with Gasteiger partial charge in [0.05, 0.1) is 0 Å². The van der Waals surface area contributed by atoms with Crippen molar-refractivity contribution in [3.05, 3.63) is 77.4 Å². The van der Waals surface area contributed by atoms with Crippen LogP contribution in [0.5, 0.6) is 11.5 Å². The van der Waals surface area contributed by atoms with E-state index in [9.17, 15) is 9.59 Å². The third kappa shape index (κ3) is 14.4. The van der Waals surface area contributed by atoms with Crippen molar-refractivity contribution < 1.29 is 23.8 Å². The van der Waals surface area contributed by atoms with Crippen LogP contribution in [0.3, 0.4) is 0 Å². The van der Waals surface area contributed by atoms with Gasteiger partial charge in [0.25, 0.3) is 0 Å². The fourth-order valence-corrected chi connectivity index (χ4v) is 7.31. The molecular weight excluding hydrogens is 627 g/mol. The monoisotopic (exact) mass is 682 g/mol. The van der Waals surface area contributed by atoms with Gasteiger partial charge < -0.3 is 0 Å². The number of carbonyl (C=O) groups is 2. The van der Waals surface area contributed by atoms with E-state index in [1.165, 1.54) is 80.7 Å². The van der Waals surface area contributed by atoms with E-state index in [2.05, 4.69) is 26.0 Å². The van der Waals surface area contributed by atoms with Gasteiger partial charge in [-0.1, -0.05) is 65.2 Å². The number of hydrogen-bond acceptors (Lipinski definition) is 5. The minimum atomic E-state index is -0.348. The SMILES string of the molecule is CCCCCCCCCCCCOc1ccc(C2=CC=C(C(=O)Oc3ccc(C(=O)O[C@@H](C)CCCCCC)cc3)C[Se]2)cc1. The predicted octanol–water partition coefficient (Wildman–Crippen LogP) is 10.5. The van der Waals surface area contributed by atoms with Crippen LogP contribution in [0, 0.1) is 0 Å². The molecule has 1 atom stereocenters. The first-order valence-corrected chi connectivity index (χ1v) is 19.4. The molecule has 5 nitrogen and oxygen atoms in total. The fraction of sp³-hybridized carbons (Fsp3) is 0.538. The molecule has 0 fully saturated rings. The van der Waals surface area contributed by atoms with Crippen molar-refractivity contribution >= 4 is 31.4 Å². The van der Waals surface area contributed by atoms with Crippen molar-refractivity contribution in [1.29, 1.82) is 0 Å². The molecule has 0 saturated carbocycles. The van der Waals surface area contributed by atoms with Crippen LogP contribution >= 0.6 is 0 Å². The zero-order chi connectivity index (χ0) is 32.1. The molecule has 0 aliphatic carbocycles. The summed E-state index contributed by atoms with van der Waals surface area (Å²) < 4.78 is 18.4. The predicted molar refractivity (Wildman–Crippen MR) is 186 cm³/mol. The zero-order valence-electron chi connectivity index (χ0n) is 27.8. The van der Waals surface area contributed by atoms with Gasteiger partial charge in [-0.2, -0.15) is 0 Å². The summed E-state index contributed by atoms with van der Waals surface area (Å²) in [5.41, 5.74) is 2.29. The minimum absolute atomic E-state index is 0.115. The number of hydrogen-bond donors (Lipinski definition) is 0. The molecule has 0 amide bonds. The number of ether oxygens (including phenoxy) is 3. The second-order valence-corrected chi connectivity index (χ2v) is 14.2. The van der Waals surface area contributed by atoms with Crippen LogP contribution in [0.1, 0.15) is 133 Å². The standard InChI is InChI=1S/C39H54O5Se/c1-4-6-8-10-11-12-13-14-15-17-29-42-35-24-19-32(20-25-35)37-28-23-34(30-45-37)39(41)44-36-26-21-33(22-27-36)38(40)43-31(3)18-16-9-7-5-2/h19-28,31H,4-18,29-30H2,1-3H3/t31-/m0/s1. The third-order valence-electron chi connectivity index (χ3n) is 8.06. The summed E-state index contributed by atoms with van der Waals surface area (Å²) >= 11 is 0.127. The number of benzene rings is 2. The molecule has 246 valence electrons. The maximum atomic E-state index is 12.8. The Morgan fingerprint density at radius 3 is 1.87 bits per heavy atom. The van der Waals surface area contributed by atoms with Gasteiger partial charge in [0, 0.05) is 0 Å². The molecule has 0 unspecified atom stereocenters. The first-order valence-electron chi connectivity index (χ1n) is 17.3. The fourth-order valence-electron chi connectivity index (χ4n) is 5.23. The van der Waals surface area contributed by atoms with Gasteiger partial charge in [0.15, 0.2) is 0 Å². The van der Waals surface area contributed by atoms with Crippen LogP contribution in [-0.4, -0.2) is 39.6 Å². The molecule has 0 N–H and O–H groups in total. The zero-order valence-corrected chi connectivity index (χ0v) is 29.5. The number of esters is 2. The van der Waals surface area contributed by atoms with Crippen LogP contribution in [-0.2, 0) is 9.53 Å². The van der Waals surface area contributed by atoms with Gasteiger partial charge in [-0.05, 0) is 6.42 Å². The summed E-state index contributed by atoms with van der Waals surface area (Å²) in [6, 6.07) is 14.9. The molecule has 0 aromatic heterocycles. The van der Waals surface area contributed by atoms with Crippen molar-refractivity contribution in [2.45, 2.75) is 129 Å². The van der Waals surface area contributed by atoms with E-state index in [1.54, 1.807) is 24.3 Å². The van der Waals surface area contributed by atoms with Crippen molar-refractivity contribution in [1.82, 2.24) is 0 Å². The number of allylic oxidation sites excluding steroid dienone is 2. The van der Waals surface area contributed by atoms with E-state index in [0.29, 0.717) is 22.2 Å². The van der Waals surface area contributed by atoms with E-state index in [0.717, 1.165) is 38.0 Å². The topological polar surface area (TPSA) is 61.8 Å². The van der Waals surface area contributed by atoms with Crippen molar-refractivity contribution in [3.8, 4) is 11.5 Å². The normalized spacial score (nSPS) is 13.5. The van der Waals surface area contributed by atoms with E-state index in [1.807, 2.05) is 31.2 Å². The van der Waals surface area contributed by atoms with Crippen molar-refractivity contribution in [3.63, 3.8) is 0 Å². The number of unbranched alkanes of at least 4 members (excludes halogenated alkanes) is 12. The van der Waals surface area contributed by atoms with Gasteiger partial charge in [-0.15, -0.1) is 0 Å². The van der Waals surface area contributed by atoms with Gasteiger partial charge in [0.1, 0.15) is 0 Å². The summed E-state index contributed by atoms with van der Waals surface area (Å²) in [6.45, 7) is 7.15. The number of rotatable bonds is 22. The Morgan fingerprint density at radius 2 is 1.27 bits per heavy atom. The maximum absolute atomic E-state index is 12.8. The van der Waals surface area contributed by atoms with Gasteiger partial charge >= 0.3 is 208 Å². The summed E-state index contributed by atoms with van der Waals surface area (Å²) in [7, 11) is 0. The summed E-state index contributed by atoms with van der Waals surface area (Å²) in [5, 5.41) is 0.676. The van der Waals surface area contributed by atoms with Gasteiger partial charge in [-0.3, -0.25) is 0 Å². The average Bonchev–Trinajstić information content (AvgIpc) is 3.06. The Bertz CT molecular complexity index is 1200. The van der Waals surface area contributed by atoms with Crippen LogP contribution in [0.15, 0.2) is 66.3 Å². The second kappa shape index (κ2) is 21.8. The Balaban J connectivity index is 1.36. The molecule has 2 aromatic rings. The Morgan fingerprint density at radius 1 is 0.689 bits per heavy atom. The summed E-state index contributed by atoms with van der Waals surface area (Å²) in [6.07, 6.45) is 22.5. The Hall–Kier alpha value is -2.82. The molecule has 0 bridgehead atoms. The second-order valence-electron chi connectivity index (χ2n) is 12.0. The third-order valence-corrected chi connectivity index (χ3v) is 10.4. The summed E-state index contributed by atoms with van der Waals surface area (Å²) in [5.74, 6) is 0.633. The van der Waals surface area contributed by atoms with Gasteiger partial charge in [0.2, 0.25) is 0 Å². The van der Waals surface area contributed by atoms with E-state index in [4.69, 9.17) is 14.2 Å².